The van der Waals surface area contributed by atoms with Gasteiger partial charge in [-0.1, -0.05) is 32.9 Å². The molecule has 1 aromatic carbocycles. The molecule has 0 aromatic heterocycles. The Bertz CT molecular complexity index is 376. The molecular weight excluding hydrogens is 180 g/mol. The van der Waals surface area contributed by atoms with Gasteiger partial charge in [0.2, 0.25) is 0 Å². The Morgan fingerprint density at radius 2 is 1.53 bits per heavy atom. The van der Waals surface area contributed by atoms with Crippen molar-refractivity contribution in [2.24, 2.45) is 5.92 Å². The van der Waals surface area contributed by atoms with Crippen molar-refractivity contribution in [2.75, 3.05) is 0 Å². The third kappa shape index (κ3) is 1.42. The molecule has 0 saturated heterocycles. The second-order valence-corrected chi connectivity index (χ2v) is 5.19. The average molecular weight is 202 g/mol. The Balaban J connectivity index is 2.64. The van der Waals surface area contributed by atoms with Crippen LogP contribution >= 0.6 is 0 Å². The van der Waals surface area contributed by atoms with Gasteiger partial charge in [-0.05, 0) is 60.3 Å². The number of benzene rings is 1. The van der Waals surface area contributed by atoms with Gasteiger partial charge in [-0.3, -0.25) is 0 Å². The van der Waals surface area contributed by atoms with Crippen molar-refractivity contribution in [3.8, 4) is 0 Å². The van der Waals surface area contributed by atoms with Crippen molar-refractivity contribution in [3.05, 3.63) is 34.4 Å². The summed E-state index contributed by atoms with van der Waals surface area (Å²) in [6.07, 6.45) is 1.28. The Kier molecular flexibility index (Phi) is 2.62. The number of hydrogen-bond acceptors (Lipinski definition) is 0. The van der Waals surface area contributed by atoms with Crippen LogP contribution in [0, 0.1) is 19.8 Å². The molecule has 0 heteroatoms. The molecule has 0 N–H and O–H groups in total. The summed E-state index contributed by atoms with van der Waals surface area (Å²) in [5.41, 5.74) is 6.30. The summed E-state index contributed by atoms with van der Waals surface area (Å²) >= 11 is 0. The SMILES string of the molecule is CCC1c2c(C)ccc(C)c2C(C)C1C. The molecule has 0 bridgehead atoms. The zero-order valence-electron chi connectivity index (χ0n) is 10.6. The first-order valence-corrected chi connectivity index (χ1v) is 6.17. The Hall–Kier alpha value is -0.780. The second kappa shape index (κ2) is 3.66. The molecule has 0 saturated carbocycles. The van der Waals surface area contributed by atoms with E-state index in [0.717, 1.165) is 17.8 Å². The zero-order valence-corrected chi connectivity index (χ0v) is 10.6. The van der Waals surface area contributed by atoms with Crippen molar-refractivity contribution < 1.29 is 0 Å². The summed E-state index contributed by atoms with van der Waals surface area (Å²) in [5, 5.41) is 0. The van der Waals surface area contributed by atoms with E-state index in [2.05, 4.69) is 46.8 Å². The molecule has 2 rings (SSSR count). The van der Waals surface area contributed by atoms with E-state index >= 15 is 0 Å². The molecule has 0 radical (unpaired) electrons. The fourth-order valence-electron chi connectivity index (χ4n) is 3.40. The van der Waals surface area contributed by atoms with Crippen LogP contribution in [0.5, 0.6) is 0 Å². The molecular formula is C15H22. The zero-order chi connectivity index (χ0) is 11.2. The summed E-state index contributed by atoms with van der Waals surface area (Å²) in [7, 11) is 0. The second-order valence-electron chi connectivity index (χ2n) is 5.19. The maximum Gasteiger partial charge on any atom is -0.0128 e. The van der Waals surface area contributed by atoms with Crippen molar-refractivity contribution >= 4 is 0 Å². The molecule has 1 aromatic rings. The molecule has 3 unspecified atom stereocenters. The maximum atomic E-state index is 2.41. The van der Waals surface area contributed by atoms with Gasteiger partial charge in [-0.15, -0.1) is 0 Å². The van der Waals surface area contributed by atoms with E-state index in [9.17, 15) is 0 Å². The largest absolute Gasteiger partial charge is 0.0648 e. The molecule has 1 aliphatic rings. The van der Waals surface area contributed by atoms with Crippen molar-refractivity contribution in [1.29, 1.82) is 0 Å². The molecule has 82 valence electrons. The molecule has 3 atom stereocenters. The van der Waals surface area contributed by atoms with Gasteiger partial charge in [0.05, 0.1) is 0 Å². The first-order chi connectivity index (χ1) is 7.07. The van der Waals surface area contributed by atoms with E-state index in [-0.39, 0.29) is 0 Å². The van der Waals surface area contributed by atoms with Crippen LogP contribution in [-0.2, 0) is 0 Å². The molecule has 0 heterocycles. The van der Waals surface area contributed by atoms with Crippen LogP contribution in [0.4, 0.5) is 0 Å². The Morgan fingerprint density at radius 1 is 1.00 bits per heavy atom. The van der Waals surface area contributed by atoms with Gasteiger partial charge in [0.15, 0.2) is 0 Å². The molecule has 0 aliphatic heterocycles. The van der Waals surface area contributed by atoms with Gasteiger partial charge in [-0.25, -0.2) is 0 Å². The van der Waals surface area contributed by atoms with Gasteiger partial charge in [0.25, 0.3) is 0 Å². The fourth-order valence-corrected chi connectivity index (χ4v) is 3.40. The van der Waals surface area contributed by atoms with E-state index in [1.807, 2.05) is 0 Å². The first-order valence-electron chi connectivity index (χ1n) is 6.17. The highest BCUT2D eigenvalue weighted by atomic mass is 14.4. The van der Waals surface area contributed by atoms with Crippen LogP contribution in [0.2, 0.25) is 0 Å². The molecule has 0 fully saturated rings. The normalized spacial score (nSPS) is 29.3. The third-order valence-corrected chi connectivity index (χ3v) is 4.41. The van der Waals surface area contributed by atoms with E-state index < -0.39 is 0 Å². The van der Waals surface area contributed by atoms with Crippen LogP contribution in [0.3, 0.4) is 0 Å². The van der Waals surface area contributed by atoms with E-state index in [1.165, 1.54) is 17.5 Å². The van der Waals surface area contributed by atoms with Crippen LogP contribution < -0.4 is 0 Å². The predicted octanol–water partition coefficient (Wildman–Crippen LogP) is 4.55. The van der Waals surface area contributed by atoms with E-state index in [0.29, 0.717) is 0 Å². The smallest absolute Gasteiger partial charge is 0.0128 e. The highest BCUT2D eigenvalue weighted by Crippen LogP contribution is 2.49. The van der Waals surface area contributed by atoms with Gasteiger partial charge >= 0.3 is 0 Å². The van der Waals surface area contributed by atoms with Gasteiger partial charge in [-0.2, -0.15) is 0 Å². The summed E-state index contributed by atoms with van der Waals surface area (Å²) in [4.78, 5) is 0. The summed E-state index contributed by atoms with van der Waals surface area (Å²) < 4.78 is 0. The maximum absolute atomic E-state index is 2.41. The van der Waals surface area contributed by atoms with Crippen molar-refractivity contribution in [2.45, 2.75) is 52.9 Å². The van der Waals surface area contributed by atoms with E-state index in [1.54, 1.807) is 11.1 Å². The lowest BCUT2D eigenvalue weighted by Crippen LogP contribution is -2.05. The number of fused-ring (bicyclic) bond motifs is 1. The van der Waals surface area contributed by atoms with Gasteiger partial charge in [0.1, 0.15) is 0 Å². The average Bonchev–Trinajstić information content (AvgIpc) is 2.47. The molecule has 1 aliphatic carbocycles. The predicted molar refractivity (Wildman–Crippen MR) is 66.5 cm³/mol. The van der Waals surface area contributed by atoms with Gasteiger partial charge < -0.3 is 0 Å². The number of rotatable bonds is 1. The lowest BCUT2D eigenvalue weighted by Gasteiger charge is -2.17. The molecule has 0 amide bonds. The van der Waals surface area contributed by atoms with Gasteiger partial charge in [0, 0.05) is 0 Å². The fraction of sp³-hybridized carbons (Fsp3) is 0.600. The van der Waals surface area contributed by atoms with Crippen LogP contribution in [0.1, 0.15) is 61.3 Å². The minimum absolute atomic E-state index is 0.741. The standard InChI is InChI=1S/C15H22/c1-6-13-11(4)12(5)14-9(2)7-8-10(3)15(13)14/h7-8,11-13H,6H2,1-5H3. The van der Waals surface area contributed by atoms with Crippen LogP contribution in [-0.4, -0.2) is 0 Å². The summed E-state index contributed by atoms with van der Waals surface area (Å²) in [5.74, 6) is 2.34. The highest BCUT2D eigenvalue weighted by molar-refractivity contribution is 5.48. The Labute approximate surface area is 93.7 Å². The quantitative estimate of drug-likeness (QED) is 0.626. The van der Waals surface area contributed by atoms with Crippen molar-refractivity contribution in [3.63, 3.8) is 0 Å². The minimum atomic E-state index is 0.741. The topological polar surface area (TPSA) is 0 Å². The first kappa shape index (κ1) is 10.7. The lowest BCUT2D eigenvalue weighted by molar-refractivity contribution is 0.431. The Morgan fingerprint density at radius 3 is 2.07 bits per heavy atom. The summed E-state index contributed by atoms with van der Waals surface area (Å²) in [6.45, 7) is 11.7. The molecule has 15 heavy (non-hydrogen) atoms. The highest BCUT2D eigenvalue weighted by Gasteiger charge is 2.35. The molecule has 0 spiro atoms. The monoisotopic (exact) mass is 202 g/mol. The third-order valence-electron chi connectivity index (χ3n) is 4.41. The van der Waals surface area contributed by atoms with Crippen molar-refractivity contribution in [1.82, 2.24) is 0 Å². The minimum Gasteiger partial charge on any atom is -0.0648 e. The van der Waals surface area contributed by atoms with Crippen LogP contribution in [0.25, 0.3) is 0 Å². The lowest BCUT2D eigenvalue weighted by atomic mass is 9.87. The van der Waals surface area contributed by atoms with Crippen LogP contribution in [0.15, 0.2) is 12.1 Å². The molecule has 0 nitrogen and oxygen atoms in total. The van der Waals surface area contributed by atoms with E-state index in [4.69, 9.17) is 0 Å². The summed E-state index contributed by atoms with van der Waals surface area (Å²) in [6, 6.07) is 4.58. The number of aryl methyl sites for hydroxylation is 2. The number of hydrogen-bond donors (Lipinski definition) is 0.